The largest absolute Gasteiger partial charge is 0.497 e. The molecule has 12 rings (SSSR count). The maximum atomic E-state index is 14.6. The fraction of sp³-hybridized carbons (Fsp3) is 0.360. The number of rotatable bonds is 29. The number of hydrogen-bond donors (Lipinski definition) is 7. The minimum Gasteiger partial charge on any atom is -0.497 e. The minimum absolute atomic E-state index is 0. The van der Waals surface area contributed by atoms with Crippen molar-refractivity contribution in [1.29, 1.82) is 0 Å². The van der Waals surface area contributed by atoms with Crippen molar-refractivity contribution in [3.05, 3.63) is 195 Å². The number of ether oxygens (including phenoxy) is 6. The van der Waals surface area contributed by atoms with Gasteiger partial charge in [-0.05, 0) is 123 Å². The molecule has 4 heterocycles. The third kappa shape index (κ3) is 22.2. The molecule has 4 aliphatic rings. The molecule has 30 nitrogen and oxygen atoms in total. The third-order valence-electron chi connectivity index (χ3n) is 20.0. The van der Waals surface area contributed by atoms with Gasteiger partial charge in [0.05, 0.1) is 59.5 Å². The predicted octanol–water partition coefficient (Wildman–Crippen LogP) is 8.51. The molecule has 2 saturated carbocycles. The number of alkyl carbamates (subject to hydrolysis) is 2. The van der Waals surface area contributed by atoms with Gasteiger partial charge in [-0.25, -0.2) is 45.8 Å². The highest BCUT2D eigenvalue weighted by Gasteiger charge is 2.63. The molecule has 630 valence electrons. The molecular formula is C86H99B2N11O19S2. The summed E-state index contributed by atoms with van der Waals surface area (Å²) in [6.07, 6.45) is -0.209. The zero-order valence-electron chi connectivity index (χ0n) is 67.3. The number of hydrogen-bond acceptors (Lipinski definition) is 22. The molecule has 0 spiro atoms. The summed E-state index contributed by atoms with van der Waals surface area (Å²) in [5.41, 5.74) is -1.11. The Bertz CT molecular complexity index is 5330. The van der Waals surface area contributed by atoms with Crippen LogP contribution in [0, 0.1) is 11.8 Å². The molecule has 4 radical (unpaired) electrons. The number of benzene rings is 6. The van der Waals surface area contributed by atoms with Gasteiger partial charge in [0.2, 0.25) is 23.6 Å². The number of nitrogens with zero attached hydrogens (tertiary/aromatic N) is 4. The van der Waals surface area contributed by atoms with Crippen molar-refractivity contribution in [2.75, 3.05) is 40.9 Å². The molecule has 4 fully saturated rings. The van der Waals surface area contributed by atoms with Crippen molar-refractivity contribution in [3.63, 3.8) is 0 Å². The van der Waals surface area contributed by atoms with Gasteiger partial charge in [0.15, 0.2) is 0 Å². The normalized spacial score (nSPS) is 20.1. The standard InChI is InChI=1S/C43H50N6O9S.C42H45N5O10S.CH4.B2/c1-7-28-25-43(28,40(52)48-59(54,55)31-16-12-9-13-17-31)47-38(50)36-23-30(26-49(36)39(51)33(20-21-44-5)46-41(53)58-42(2,3)4)57-37-24-34(27-14-10-8-11-15-27)45-35-22-29(56-6)18-19-32(35)37;1-6-27-24-42(27,39(51)46-58(53,54)30-15-11-8-12-16-30)45-37(49)35-22-29(25-47(35)38(50)32(19-20-48)44-40(52)57-41(2,3)4)56-36-23-33(26-13-9-7-10-14-26)43-34-21-28(55-5)17-18-31(34)36;;1-2/h7-19,22,24,28,30,33,36,44H,1,20-21,23,25-26H2,2-6H3,(H,46,53)(H,47,50)(H,48,52);6-18,20-21,23,27,29,32,35H,1,19,22,24-25H2,2-5H3,(H,44,52)(H,45,49)(H,46,51);1H4;/t28-,30?,33+,36+,43-;27-,29?,32+,35+,42-;;/m11../s1. The van der Waals surface area contributed by atoms with E-state index in [1.165, 1.54) is 70.5 Å². The van der Waals surface area contributed by atoms with Crippen LogP contribution in [0.15, 0.2) is 205 Å². The number of aromatic nitrogens is 2. The minimum atomic E-state index is -4.31. The second-order valence-electron chi connectivity index (χ2n) is 30.7. The third-order valence-corrected chi connectivity index (χ3v) is 22.7. The Labute approximate surface area is 701 Å². The summed E-state index contributed by atoms with van der Waals surface area (Å²) in [5.74, 6) is -3.98. The fourth-order valence-electron chi connectivity index (χ4n) is 14.0. The Hall–Kier alpha value is -12.2. The molecule has 0 bridgehead atoms. The first-order valence-electron chi connectivity index (χ1n) is 38.2. The first-order valence-corrected chi connectivity index (χ1v) is 41.2. The molecule has 2 aromatic heterocycles. The number of sulfonamides is 2. The Morgan fingerprint density at radius 2 is 0.917 bits per heavy atom. The molecule has 7 N–H and O–H groups in total. The summed E-state index contributed by atoms with van der Waals surface area (Å²) in [4.78, 5) is 135. The van der Waals surface area contributed by atoms with Crippen LogP contribution in [-0.2, 0) is 63.1 Å². The van der Waals surface area contributed by atoms with E-state index in [9.17, 15) is 60.0 Å². The van der Waals surface area contributed by atoms with E-state index in [0.29, 0.717) is 69.0 Å². The summed E-state index contributed by atoms with van der Waals surface area (Å²) >= 11 is 0. The molecule has 6 aromatic carbocycles. The first kappa shape index (κ1) is 91.7. The molecule has 120 heavy (non-hydrogen) atoms. The average Bonchev–Trinajstić information content (AvgIpc) is 1.58. The van der Waals surface area contributed by atoms with Crippen LogP contribution in [0.4, 0.5) is 9.59 Å². The van der Waals surface area contributed by atoms with Gasteiger partial charge >= 0.3 is 12.2 Å². The van der Waals surface area contributed by atoms with Crippen LogP contribution in [0.1, 0.15) is 87.5 Å². The van der Waals surface area contributed by atoms with E-state index in [-0.39, 0.29) is 62.4 Å². The van der Waals surface area contributed by atoms with E-state index in [0.717, 1.165) is 11.1 Å². The summed E-state index contributed by atoms with van der Waals surface area (Å²) in [6, 6.07) is 42.9. The number of amides is 8. The van der Waals surface area contributed by atoms with Crippen LogP contribution >= 0.6 is 0 Å². The highest BCUT2D eigenvalue weighted by atomic mass is 32.2. The summed E-state index contributed by atoms with van der Waals surface area (Å²) in [7, 11) is 4.21. The van der Waals surface area contributed by atoms with E-state index < -0.39 is 145 Å². The van der Waals surface area contributed by atoms with Crippen molar-refractivity contribution >= 4 is 111 Å². The van der Waals surface area contributed by atoms with Crippen molar-refractivity contribution in [3.8, 4) is 45.5 Å². The molecular weight excluding hydrogens is 1580 g/mol. The molecule has 2 unspecified atom stereocenters. The van der Waals surface area contributed by atoms with Crippen LogP contribution in [-0.4, -0.2) is 206 Å². The van der Waals surface area contributed by atoms with E-state index in [4.69, 9.17) is 38.4 Å². The van der Waals surface area contributed by atoms with Gasteiger partial charge < -0.3 is 69.6 Å². The fourth-order valence-corrected chi connectivity index (χ4v) is 16.1. The van der Waals surface area contributed by atoms with Gasteiger partial charge in [-0.15, -0.1) is 13.2 Å². The van der Waals surface area contributed by atoms with E-state index in [1.54, 1.807) is 117 Å². The Morgan fingerprint density at radius 1 is 0.550 bits per heavy atom. The highest BCUT2D eigenvalue weighted by Crippen LogP contribution is 2.47. The predicted molar refractivity (Wildman–Crippen MR) is 452 cm³/mol. The molecule has 2 saturated heterocycles. The van der Waals surface area contributed by atoms with E-state index in [2.05, 4.69) is 64.7 Å². The smallest absolute Gasteiger partial charge is 0.408 e. The second kappa shape index (κ2) is 39.2. The van der Waals surface area contributed by atoms with Gasteiger partial charge in [-0.3, -0.25) is 28.8 Å². The van der Waals surface area contributed by atoms with Crippen LogP contribution in [0.3, 0.4) is 0 Å². The summed E-state index contributed by atoms with van der Waals surface area (Å²) < 4.78 is 91.9. The van der Waals surface area contributed by atoms with Crippen LogP contribution < -0.4 is 55.0 Å². The zero-order valence-corrected chi connectivity index (χ0v) is 68.9. The van der Waals surface area contributed by atoms with Crippen molar-refractivity contribution < 1.29 is 88.4 Å². The second-order valence-corrected chi connectivity index (χ2v) is 34.0. The summed E-state index contributed by atoms with van der Waals surface area (Å²) in [6.45, 7) is 17.7. The van der Waals surface area contributed by atoms with Crippen molar-refractivity contribution in [2.45, 2.75) is 156 Å². The maximum absolute atomic E-state index is 14.6. The Kier molecular flexibility index (Phi) is 29.9. The Balaban J connectivity index is 0.000000265. The molecule has 34 heteroatoms. The van der Waals surface area contributed by atoms with Crippen LogP contribution in [0.5, 0.6) is 23.0 Å². The molecule has 8 amide bonds. The number of pyridine rings is 2. The molecule has 10 atom stereocenters. The number of likely N-dealkylation sites (tertiary alicyclic amines) is 2. The number of carbonyl (C=O) groups excluding carboxylic acids is 9. The van der Waals surface area contributed by atoms with Crippen molar-refractivity contribution in [2.24, 2.45) is 11.8 Å². The van der Waals surface area contributed by atoms with Gasteiger partial charge in [0.1, 0.15) is 87.9 Å². The molecule has 2 aliphatic carbocycles. The Morgan fingerprint density at radius 3 is 1.26 bits per heavy atom. The van der Waals surface area contributed by atoms with Gasteiger partial charge in [-0.2, -0.15) is 0 Å². The van der Waals surface area contributed by atoms with Gasteiger partial charge in [0, 0.05) is 92.7 Å². The van der Waals surface area contributed by atoms with E-state index in [1.807, 2.05) is 66.7 Å². The first-order chi connectivity index (χ1) is 56.6. The maximum Gasteiger partial charge on any atom is 0.408 e. The van der Waals surface area contributed by atoms with Crippen LogP contribution in [0.2, 0.25) is 0 Å². The van der Waals surface area contributed by atoms with Gasteiger partial charge in [0.25, 0.3) is 31.9 Å². The number of methoxy groups -OCH3 is 2. The lowest BCUT2D eigenvalue weighted by Gasteiger charge is -2.30. The topological polar surface area (TPSA) is 394 Å². The quantitative estimate of drug-likeness (QED) is 0.0131. The number of nitrogens with one attached hydrogen (secondary N) is 7. The van der Waals surface area contributed by atoms with E-state index >= 15 is 0 Å². The van der Waals surface area contributed by atoms with Crippen LogP contribution in [0.25, 0.3) is 44.3 Å². The highest BCUT2D eigenvalue weighted by molar-refractivity contribution is 7.90. The van der Waals surface area contributed by atoms with Crippen molar-refractivity contribution in [1.82, 2.24) is 55.8 Å². The average molecular weight is 1680 g/mol. The number of fused-ring (bicyclic) bond motifs is 2. The molecule has 2 aliphatic heterocycles. The monoisotopic (exact) mass is 1680 g/mol. The lowest BCUT2D eigenvalue weighted by molar-refractivity contribution is -0.141. The number of carbonyl (C=O) groups is 9. The molecule has 8 aromatic rings. The SMILES string of the molecule is C.C=C[C@@H]1C[C@]1(NC(=O)[C@@H]1CC(Oc2cc(-c3ccccc3)nc3cc(OC)ccc23)CN1C(=O)[C@H](CC=O)NC(=O)OC(C)(C)C)C(=O)NS(=O)(=O)c1ccccc1.C=C[C@@H]1C[C@]1(NC(=O)[C@@H]1CC(Oc2cc(-c3ccccc3)nc3cc(OC)ccc23)CN1C(=O)[C@H](CCNC)NC(=O)OC(C)(C)C)C(=O)NS(=O)(=O)c1ccccc1.[B][B]. The summed E-state index contributed by atoms with van der Waals surface area (Å²) in [5, 5.41) is 14.9. The lowest BCUT2D eigenvalue weighted by atomic mass is 9.81. The zero-order chi connectivity index (χ0) is 86.4. The van der Waals surface area contributed by atoms with Gasteiger partial charge in [-0.1, -0.05) is 117 Å². The number of aldehydes is 1. The lowest BCUT2D eigenvalue weighted by Crippen LogP contribution is -2.58.